The van der Waals surface area contributed by atoms with Gasteiger partial charge in [-0.15, -0.1) is 0 Å². The highest BCUT2D eigenvalue weighted by molar-refractivity contribution is 5.47. The monoisotopic (exact) mass is 299 g/mol. The molecule has 1 N–H and O–H groups in total. The summed E-state index contributed by atoms with van der Waals surface area (Å²) >= 11 is 0. The van der Waals surface area contributed by atoms with Crippen LogP contribution in [0, 0.1) is 0 Å². The molecule has 2 aliphatic heterocycles. The summed E-state index contributed by atoms with van der Waals surface area (Å²) in [5.74, 6) is 0. The van der Waals surface area contributed by atoms with Gasteiger partial charge in [0.05, 0.1) is 6.17 Å². The number of hydrogen-bond donors (Lipinski definition) is 1. The van der Waals surface area contributed by atoms with Gasteiger partial charge in [0, 0.05) is 32.6 Å². The van der Waals surface area contributed by atoms with Gasteiger partial charge in [0.1, 0.15) is 0 Å². The number of likely N-dealkylation sites (tertiary alicyclic amines) is 1. The Labute approximate surface area is 135 Å². The molecule has 0 bridgehead atoms. The SMILES string of the molecule is C=Cc1ccc(CC(N2CCCCC2)N2CCNCC2)cc1. The number of piperidine rings is 1. The molecular formula is C19H29N3. The lowest BCUT2D eigenvalue weighted by Crippen LogP contribution is -2.56. The van der Waals surface area contributed by atoms with Crippen molar-refractivity contribution < 1.29 is 0 Å². The van der Waals surface area contributed by atoms with Crippen LogP contribution in [0.15, 0.2) is 30.8 Å². The van der Waals surface area contributed by atoms with Crippen molar-refractivity contribution in [3.63, 3.8) is 0 Å². The lowest BCUT2D eigenvalue weighted by molar-refractivity contribution is 0.0216. The Bertz CT molecular complexity index is 438. The van der Waals surface area contributed by atoms with Crippen molar-refractivity contribution in [2.75, 3.05) is 39.3 Å². The molecule has 0 aromatic heterocycles. The molecule has 0 spiro atoms. The van der Waals surface area contributed by atoms with Crippen LogP contribution < -0.4 is 5.32 Å². The first-order valence-electron chi connectivity index (χ1n) is 8.77. The molecule has 0 radical (unpaired) electrons. The topological polar surface area (TPSA) is 18.5 Å². The summed E-state index contributed by atoms with van der Waals surface area (Å²) in [4.78, 5) is 5.40. The van der Waals surface area contributed by atoms with Crippen molar-refractivity contribution >= 4 is 6.08 Å². The van der Waals surface area contributed by atoms with Gasteiger partial charge in [0.2, 0.25) is 0 Å². The Balaban J connectivity index is 1.72. The number of nitrogens with zero attached hydrogens (tertiary/aromatic N) is 2. The highest BCUT2D eigenvalue weighted by Gasteiger charge is 2.27. The molecule has 0 aliphatic carbocycles. The van der Waals surface area contributed by atoms with Gasteiger partial charge in [-0.25, -0.2) is 0 Å². The van der Waals surface area contributed by atoms with E-state index < -0.39 is 0 Å². The van der Waals surface area contributed by atoms with Crippen LogP contribution >= 0.6 is 0 Å². The summed E-state index contributed by atoms with van der Waals surface area (Å²) in [6.07, 6.45) is 7.74. The van der Waals surface area contributed by atoms with Gasteiger partial charge in [-0.3, -0.25) is 9.80 Å². The van der Waals surface area contributed by atoms with Crippen molar-refractivity contribution in [3.05, 3.63) is 42.0 Å². The van der Waals surface area contributed by atoms with Crippen LogP contribution in [0.3, 0.4) is 0 Å². The number of nitrogens with one attached hydrogen (secondary N) is 1. The van der Waals surface area contributed by atoms with E-state index in [1.807, 2.05) is 6.08 Å². The third kappa shape index (κ3) is 3.97. The number of benzene rings is 1. The zero-order valence-corrected chi connectivity index (χ0v) is 13.6. The fourth-order valence-corrected chi connectivity index (χ4v) is 3.69. The maximum atomic E-state index is 3.85. The molecule has 22 heavy (non-hydrogen) atoms. The minimum atomic E-state index is 0.567. The molecule has 2 saturated heterocycles. The van der Waals surface area contributed by atoms with E-state index in [1.54, 1.807) is 0 Å². The predicted molar refractivity (Wildman–Crippen MR) is 93.9 cm³/mol. The maximum Gasteiger partial charge on any atom is 0.0664 e. The summed E-state index contributed by atoms with van der Waals surface area (Å²) in [5, 5.41) is 3.48. The summed E-state index contributed by atoms with van der Waals surface area (Å²) < 4.78 is 0. The van der Waals surface area contributed by atoms with Crippen LogP contribution in [0.25, 0.3) is 6.08 Å². The standard InChI is InChI=1S/C19H29N3/c1-2-17-6-8-18(9-7-17)16-19(21-12-4-3-5-13-21)22-14-10-20-11-15-22/h2,6-9,19-20H,1,3-5,10-16H2. The van der Waals surface area contributed by atoms with E-state index in [-0.39, 0.29) is 0 Å². The second-order valence-corrected chi connectivity index (χ2v) is 6.51. The van der Waals surface area contributed by atoms with E-state index in [9.17, 15) is 0 Å². The van der Waals surface area contributed by atoms with Crippen molar-refractivity contribution in [1.29, 1.82) is 0 Å². The molecule has 1 atom stereocenters. The fourth-order valence-electron chi connectivity index (χ4n) is 3.69. The Morgan fingerprint density at radius 3 is 2.23 bits per heavy atom. The molecule has 3 nitrogen and oxygen atoms in total. The minimum absolute atomic E-state index is 0.567. The van der Waals surface area contributed by atoms with E-state index in [1.165, 1.54) is 56.6 Å². The van der Waals surface area contributed by atoms with Crippen LogP contribution in [0.4, 0.5) is 0 Å². The zero-order chi connectivity index (χ0) is 15.2. The summed E-state index contributed by atoms with van der Waals surface area (Å²) in [6.45, 7) is 11.0. The highest BCUT2D eigenvalue weighted by atomic mass is 15.4. The molecule has 0 amide bonds. The van der Waals surface area contributed by atoms with E-state index in [0.29, 0.717) is 6.17 Å². The van der Waals surface area contributed by atoms with Gasteiger partial charge in [-0.05, 0) is 37.1 Å². The molecule has 0 saturated carbocycles. The number of rotatable bonds is 5. The van der Waals surface area contributed by atoms with Crippen molar-refractivity contribution in [2.24, 2.45) is 0 Å². The van der Waals surface area contributed by atoms with E-state index >= 15 is 0 Å². The molecule has 1 aromatic rings. The molecule has 3 heteroatoms. The quantitative estimate of drug-likeness (QED) is 0.901. The van der Waals surface area contributed by atoms with Gasteiger partial charge in [-0.1, -0.05) is 43.3 Å². The molecule has 2 aliphatic rings. The number of hydrogen-bond acceptors (Lipinski definition) is 3. The molecule has 1 aromatic carbocycles. The van der Waals surface area contributed by atoms with Crippen LogP contribution in [0.2, 0.25) is 0 Å². The Morgan fingerprint density at radius 1 is 0.955 bits per heavy atom. The van der Waals surface area contributed by atoms with E-state index in [0.717, 1.165) is 19.5 Å². The molecule has 120 valence electrons. The fraction of sp³-hybridized carbons (Fsp3) is 0.579. The van der Waals surface area contributed by atoms with Crippen molar-refractivity contribution in [3.8, 4) is 0 Å². The van der Waals surface area contributed by atoms with E-state index in [4.69, 9.17) is 0 Å². The van der Waals surface area contributed by atoms with Crippen LogP contribution in [-0.4, -0.2) is 55.2 Å². The molecule has 2 fully saturated rings. The Kier molecular flexibility index (Phi) is 5.65. The highest BCUT2D eigenvalue weighted by Crippen LogP contribution is 2.19. The first kappa shape index (κ1) is 15.7. The van der Waals surface area contributed by atoms with Crippen LogP contribution in [0.5, 0.6) is 0 Å². The zero-order valence-electron chi connectivity index (χ0n) is 13.6. The number of piperazine rings is 1. The smallest absolute Gasteiger partial charge is 0.0664 e. The summed E-state index contributed by atoms with van der Waals surface area (Å²) in [7, 11) is 0. The average Bonchev–Trinajstić information content (AvgIpc) is 2.62. The predicted octanol–water partition coefficient (Wildman–Crippen LogP) is 2.59. The second kappa shape index (κ2) is 7.91. The van der Waals surface area contributed by atoms with Gasteiger partial charge in [-0.2, -0.15) is 0 Å². The van der Waals surface area contributed by atoms with Crippen molar-refractivity contribution in [1.82, 2.24) is 15.1 Å². The van der Waals surface area contributed by atoms with Gasteiger partial charge >= 0.3 is 0 Å². The summed E-state index contributed by atoms with van der Waals surface area (Å²) in [5.41, 5.74) is 2.65. The normalized spacial score (nSPS) is 22.4. The lowest BCUT2D eigenvalue weighted by atomic mass is 10.0. The molecular weight excluding hydrogens is 270 g/mol. The maximum absolute atomic E-state index is 3.85. The second-order valence-electron chi connectivity index (χ2n) is 6.51. The summed E-state index contributed by atoms with van der Waals surface area (Å²) in [6, 6.07) is 8.92. The van der Waals surface area contributed by atoms with Gasteiger partial charge < -0.3 is 5.32 Å². The minimum Gasteiger partial charge on any atom is -0.314 e. The van der Waals surface area contributed by atoms with Crippen LogP contribution in [-0.2, 0) is 6.42 Å². The first-order valence-corrected chi connectivity index (χ1v) is 8.77. The van der Waals surface area contributed by atoms with Gasteiger partial charge in [0.15, 0.2) is 0 Å². The third-order valence-electron chi connectivity index (χ3n) is 5.02. The Hall–Kier alpha value is -1.16. The van der Waals surface area contributed by atoms with E-state index in [2.05, 4.69) is 46.0 Å². The molecule has 3 rings (SSSR count). The van der Waals surface area contributed by atoms with Gasteiger partial charge in [0.25, 0.3) is 0 Å². The molecule has 2 heterocycles. The largest absolute Gasteiger partial charge is 0.314 e. The van der Waals surface area contributed by atoms with Crippen LogP contribution in [0.1, 0.15) is 30.4 Å². The van der Waals surface area contributed by atoms with Crippen molar-refractivity contribution in [2.45, 2.75) is 31.8 Å². The average molecular weight is 299 g/mol. The lowest BCUT2D eigenvalue weighted by Gasteiger charge is -2.43. The molecule has 1 unspecified atom stereocenters. The third-order valence-corrected chi connectivity index (χ3v) is 5.02. The first-order chi connectivity index (χ1) is 10.9. The Morgan fingerprint density at radius 2 is 1.59 bits per heavy atom.